The van der Waals surface area contributed by atoms with Crippen molar-refractivity contribution in [2.75, 3.05) is 6.54 Å². The fourth-order valence-electron chi connectivity index (χ4n) is 1.98. The molecule has 5 nitrogen and oxygen atoms in total. The van der Waals surface area contributed by atoms with Crippen molar-refractivity contribution in [3.05, 3.63) is 17.0 Å². The van der Waals surface area contributed by atoms with Crippen molar-refractivity contribution in [3.8, 4) is 0 Å². The van der Waals surface area contributed by atoms with Crippen LogP contribution >= 0.6 is 0 Å². The van der Waals surface area contributed by atoms with Crippen molar-refractivity contribution < 1.29 is 23.1 Å². The zero-order valence-corrected chi connectivity index (χ0v) is 8.95. The molecule has 1 N–H and O–H groups in total. The summed E-state index contributed by atoms with van der Waals surface area (Å²) >= 11 is 0. The standard InChI is InChI=1S/C9H10F3N3O2/c1-14-6-2-3-15(8(16)17)4-5(6)7(13-14)9(10,11)12/h2-4H2,1H3,(H,16,17). The number of aromatic nitrogens is 2. The predicted molar refractivity (Wildman–Crippen MR) is 50.3 cm³/mol. The first-order valence-corrected chi connectivity index (χ1v) is 4.90. The molecule has 2 heterocycles. The first-order valence-electron chi connectivity index (χ1n) is 4.90. The zero-order chi connectivity index (χ0) is 12.8. The maximum atomic E-state index is 12.7. The topological polar surface area (TPSA) is 58.4 Å². The van der Waals surface area contributed by atoms with Crippen LogP contribution in [-0.4, -0.2) is 32.4 Å². The van der Waals surface area contributed by atoms with Gasteiger partial charge in [-0.2, -0.15) is 18.3 Å². The average Bonchev–Trinajstić information content (AvgIpc) is 2.55. The molecule has 17 heavy (non-hydrogen) atoms. The van der Waals surface area contributed by atoms with E-state index in [1.165, 1.54) is 11.7 Å². The second-order valence-corrected chi connectivity index (χ2v) is 3.85. The Morgan fingerprint density at radius 1 is 1.47 bits per heavy atom. The third kappa shape index (κ3) is 1.94. The molecule has 1 aromatic heterocycles. The lowest BCUT2D eigenvalue weighted by atomic mass is 10.1. The summed E-state index contributed by atoms with van der Waals surface area (Å²) in [5.41, 5.74) is -0.565. The molecule has 94 valence electrons. The van der Waals surface area contributed by atoms with Gasteiger partial charge in [-0.05, 0) is 0 Å². The highest BCUT2D eigenvalue weighted by Crippen LogP contribution is 2.34. The number of hydrogen-bond donors (Lipinski definition) is 1. The minimum Gasteiger partial charge on any atom is -0.465 e. The smallest absolute Gasteiger partial charge is 0.435 e. The molecule has 1 amide bonds. The highest BCUT2D eigenvalue weighted by molar-refractivity contribution is 5.65. The molecular formula is C9H10F3N3O2. The van der Waals surface area contributed by atoms with Crippen molar-refractivity contribution in [1.29, 1.82) is 0 Å². The first kappa shape index (κ1) is 11.7. The number of carboxylic acid groups (broad SMARTS) is 1. The summed E-state index contributed by atoms with van der Waals surface area (Å²) in [6.07, 6.45) is -5.51. The Morgan fingerprint density at radius 3 is 2.65 bits per heavy atom. The number of fused-ring (bicyclic) bond motifs is 1. The molecule has 0 fully saturated rings. The number of halogens is 3. The van der Waals surface area contributed by atoms with E-state index in [0.29, 0.717) is 5.69 Å². The van der Waals surface area contributed by atoms with E-state index in [0.717, 1.165) is 4.90 Å². The van der Waals surface area contributed by atoms with E-state index >= 15 is 0 Å². The van der Waals surface area contributed by atoms with Gasteiger partial charge in [0.15, 0.2) is 5.69 Å². The second kappa shape index (κ2) is 3.64. The third-order valence-corrected chi connectivity index (χ3v) is 2.78. The van der Waals surface area contributed by atoms with Crippen LogP contribution in [-0.2, 0) is 26.2 Å². The largest absolute Gasteiger partial charge is 0.465 e. The lowest BCUT2D eigenvalue weighted by Gasteiger charge is -2.25. The normalized spacial score (nSPS) is 15.9. The van der Waals surface area contributed by atoms with E-state index in [1.54, 1.807) is 0 Å². The van der Waals surface area contributed by atoms with E-state index in [-0.39, 0.29) is 25.1 Å². The predicted octanol–water partition coefficient (Wildman–Crippen LogP) is 1.48. The third-order valence-electron chi connectivity index (χ3n) is 2.78. The summed E-state index contributed by atoms with van der Waals surface area (Å²) < 4.78 is 39.2. The van der Waals surface area contributed by atoms with Crippen LogP contribution in [0.15, 0.2) is 0 Å². The number of carbonyl (C=O) groups is 1. The van der Waals surface area contributed by atoms with Gasteiger partial charge < -0.3 is 10.0 Å². The number of hydrogen-bond acceptors (Lipinski definition) is 2. The molecule has 0 aliphatic carbocycles. The zero-order valence-electron chi connectivity index (χ0n) is 8.95. The van der Waals surface area contributed by atoms with Crippen molar-refractivity contribution >= 4 is 6.09 Å². The monoisotopic (exact) mass is 249 g/mol. The van der Waals surface area contributed by atoms with Crippen molar-refractivity contribution in [2.24, 2.45) is 7.05 Å². The molecule has 1 aromatic rings. The van der Waals surface area contributed by atoms with Crippen LogP contribution in [0.5, 0.6) is 0 Å². The van der Waals surface area contributed by atoms with Gasteiger partial charge in [-0.15, -0.1) is 0 Å². The van der Waals surface area contributed by atoms with E-state index in [9.17, 15) is 18.0 Å². The Morgan fingerprint density at radius 2 is 2.12 bits per heavy atom. The summed E-state index contributed by atoms with van der Waals surface area (Å²) in [7, 11) is 1.44. The van der Waals surface area contributed by atoms with E-state index < -0.39 is 18.0 Å². The lowest BCUT2D eigenvalue weighted by Crippen LogP contribution is -2.35. The van der Waals surface area contributed by atoms with Crippen LogP contribution < -0.4 is 0 Å². The Balaban J connectivity index is 2.44. The van der Waals surface area contributed by atoms with Crippen molar-refractivity contribution in [1.82, 2.24) is 14.7 Å². The highest BCUT2D eigenvalue weighted by atomic mass is 19.4. The maximum absolute atomic E-state index is 12.7. The number of alkyl halides is 3. The van der Waals surface area contributed by atoms with Crippen molar-refractivity contribution in [2.45, 2.75) is 19.1 Å². The van der Waals surface area contributed by atoms with Crippen LogP contribution in [0.3, 0.4) is 0 Å². The molecule has 8 heteroatoms. The van der Waals surface area contributed by atoms with Crippen LogP contribution in [0.1, 0.15) is 17.0 Å². The molecule has 0 spiro atoms. The fourth-order valence-corrected chi connectivity index (χ4v) is 1.98. The molecule has 0 aromatic carbocycles. The van der Waals surface area contributed by atoms with Crippen LogP contribution in [0.2, 0.25) is 0 Å². The minimum atomic E-state index is -4.55. The number of aryl methyl sites for hydroxylation is 1. The van der Waals surface area contributed by atoms with Gasteiger partial charge in [-0.3, -0.25) is 4.68 Å². The highest BCUT2D eigenvalue weighted by Gasteiger charge is 2.40. The van der Waals surface area contributed by atoms with Gasteiger partial charge in [0.25, 0.3) is 0 Å². The quantitative estimate of drug-likeness (QED) is 0.757. The Bertz CT molecular complexity index is 467. The van der Waals surface area contributed by atoms with E-state index in [2.05, 4.69) is 5.10 Å². The summed E-state index contributed by atoms with van der Waals surface area (Å²) in [5.74, 6) is 0. The summed E-state index contributed by atoms with van der Waals surface area (Å²) in [5, 5.41) is 12.2. The average molecular weight is 249 g/mol. The fraction of sp³-hybridized carbons (Fsp3) is 0.556. The molecule has 2 rings (SSSR count). The van der Waals surface area contributed by atoms with Gasteiger partial charge in [0.2, 0.25) is 0 Å². The molecule has 1 aliphatic rings. The van der Waals surface area contributed by atoms with Gasteiger partial charge in [-0.1, -0.05) is 0 Å². The van der Waals surface area contributed by atoms with E-state index in [1.807, 2.05) is 0 Å². The molecule has 1 aliphatic heterocycles. The van der Waals surface area contributed by atoms with Gasteiger partial charge in [-0.25, -0.2) is 4.79 Å². The SMILES string of the molecule is Cn1nc(C(F)(F)F)c2c1CCN(C(=O)O)C2. The van der Waals surface area contributed by atoms with Gasteiger partial charge in [0.05, 0.1) is 6.54 Å². The number of rotatable bonds is 0. The van der Waals surface area contributed by atoms with Gasteiger partial charge >= 0.3 is 12.3 Å². The van der Waals surface area contributed by atoms with Crippen molar-refractivity contribution in [3.63, 3.8) is 0 Å². The minimum absolute atomic E-state index is 0.0337. The second-order valence-electron chi connectivity index (χ2n) is 3.85. The molecular weight excluding hydrogens is 239 g/mol. The van der Waals surface area contributed by atoms with Crippen LogP contribution in [0.4, 0.5) is 18.0 Å². The van der Waals surface area contributed by atoms with E-state index in [4.69, 9.17) is 5.11 Å². The summed E-state index contributed by atoms with van der Waals surface area (Å²) in [6, 6.07) is 0. The Labute approximate surface area is 94.4 Å². The number of amides is 1. The molecule has 0 unspecified atom stereocenters. The molecule has 0 saturated carbocycles. The number of nitrogens with zero attached hydrogens (tertiary/aromatic N) is 3. The van der Waals surface area contributed by atoms with Crippen LogP contribution in [0, 0.1) is 0 Å². The Kier molecular flexibility index (Phi) is 2.52. The van der Waals surface area contributed by atoms with Gasteiger partial charge in [0, 0.05) is 31.3 Å². The Hall–Kier alpha value is -1.73. The van der Waals surface area contributed by atoms with Gasteiger partial charge in [0.1, 0.15) is 0 Å². The molecule has 0 radical (unpaired) electrons. The maximum Gasteiger partial charge on any atom is 0.435 e. The first-order chi connectivity index (χ1) is 7.80. The lowest BCUT2D eigenvalue weighted by molar-refractivity contribution is -0.142. The summed E-state index contributed by atoms with van der Waals surface area (Å²) in [4.78, 5) is 11.7. The molecule has 0 atom stereocenters. The van der Waals surface area contributed by atoms with Crippen LogP contribution in [0.25, 0.3) is 0 Å². The molecule has 0 saturated heterocycles. The molecule has 0 bridgehead atoms. The summed E-state index contributed by atoms with van der Waals surface area (Å²) in [6.45, 7) is -0.0630.